The first-order chi connectivity index (χ1) is 63.1. The van der Waals surface area contributed by atoms with Crippen molar-refractivity contribution >= 4 is 46.3 Å². The third-order valence-corrected chi connectivity index (χ3v) is 28.6. The molecule has 12 aliphatic rings. The van der Waals surface area contributed by atoms with Gasteiger partial charge in [0.1, 0.15) is 72.5 Å². The number of carbonyl (C=O) groups is 8. The molecule has 5 aromatic carbocycles. The van der Waals surface area contributed by atoms with Crippen molar-refractivity contribution in [2.45, 2.75) is 264 Å². The minimum atomic E-state index is -0.827. The van der Waals surface area contributed by atoms with Gasteiger partial charge in [0.2, 0.25) is 23.0 Å². The highest BCUT2D eigenvalue weighted by Gasteiger charge is 2.55. The van der Waals surface area contributed by atoms with E-state index in [9.17, 15) is 38.4 Å². The number of benzene rings is 5. The van der Waals surface area contributed by atoms with Crippen molar-refractivity contribution in [3.8, 4) is 69.0 Å². The van der Waals surface area contributed by atoms with Crippen LogP contribution in [0.4, 0.5) is 0 Å². The van der Waals surface area contributed by atoms with Gasteiger partial charge >= 0.3 is 0 Å². The number of allylic oxidation sites excluding steroid dienone is 16. The van der Waals surface area contributed by atoms with Gasteiger partial charge in [0, 0.05) is 171 Å². The summed E-state index contributed by atoms with van der Waals surface area (Å²) in [5.74, 6) is 2.46. The molecule has 0 bridgehead atoms. The molecule has 0 atom stereocenters. The summed E-state index contributed by atoms with van der Waals surface area (Å²) in [5, 5.41) is 0. The Kier molecular flexibility index (Phi) is 24.0. The number of carbonyl (C=O) groups excluding carboxylic acids is 8. The Hall–Kier alpha value is -11.8. The molecule has 5 aromatic rings. The normalized spacial score (nSPS) is 22.1. The summed E-state index contributed by atoms with van der Waals surface area (Å²) in [4.78, 5) is 118. The van der Waals surface area contributed by atoms with Crippen molar-refractivity contribution < 1.29 is 114 Å². The molecule has 0 spiro atoms. The van der Waals surface area contributed by atoms with Crippen LogP contribution in [0.1, 0.15) is 282 Å². The van der Waals surface area contributed by atoms with E-state index in [0.717, 1.165) is 0 Å². The zero-order chi connectivity index (χ0) is 96.2. The molecule has 0 aromatic heterocycles. The van der Waals surface area contributed by atoms with E-state index in [1.54, 1.807) is 48.5 Å². The summed E-state index contributed by atoms with van der Waals surface area (Å²) in [6.07, 6.45) is 5.66. The predicted molar refractivity (Wildman–Crippen MR) is 498 cm³/mol. The standard InChI is InChI=1S/C110H126O24/c1-103(2)35-63(111)91-79(43-103)131-80-44-104(3,4)36-64(112)92(80)87(91)55-27-71(119-17)99(72(28-55)120-18)127-51-59-25-61(53-129-101-75(123-21)31-57(32-76(101)124-22)89-95-67(115)39-107(9,10)47-83(95)133-84-48-108(11,12)40-68(116)96(84)89)62(54-130-102-77(125-23)33-58(34-78(102)126-24)90-97-69(117)41-109(13,14)49-85(97)134-86-50-110(15,16)42-70(118)98(86)90)26-60(59)52-128-100-73(121-19)29-56(30-74(100)122-20)88-93-65(113)37-105(5,6)45-81(93)132-82-46-106(7,8)38-66(114)94(82)88/h25-34,87-90H,35-54H2,1-24H3. The van der Waals surface area contributed by atoms with Gasteiger partial charge in [-0.05, 0) is 148 Å². The zero-order valence-corrected chi connectivity index (χ0v) is 82.0. The Morgan fingerprint density at radius 3 is 0.455 bits per heavy atom. The van der Waals surface area contributed by atoms with Crippen LogP contribution in [0.25, 0.3) is 0 Å². The lowest BCUT2D eigenvalue weighted by atomic mass is 9.65. The Morgan fingerprint density at radius 2 is 0.336 bits per heavy atom. The summed E-state index contributed by atoms with van der Waals surface area (Å²) in [6.45, 7) is 31.7. The average Bonchev–Trinajstić information content (AvgIpc) is 0.737. The molecule has 134 heavy (non-hydrogen) atoms. The van der Waals surface area contributed by atoms with Crippen LogP contribution in [0.5, 0.6) is 69.0 Å². The van der Waals surface area contributed by atoms with Crippen molar-refractivity contribution in [2.75, 3.05) is 56.9 Å². The maximum atomic E-state index is 14.8. The Balaban J connectivity index is 0.823. The van der Waals surface area contributed by atoms with Crippen LogP contribution in [0.2, 0.25) is 0 Å². The van der Waals surface area contributed by atoms with Crippen molar-refractivity contribution in [3.63, 3.8) is 0 Å². The van der Waals surface area contributed by atoms with E-state index in [-0.39, 0.29) is 193 Å². The van der Waals surface area contributed by atoms with Crippen molar-refractivity contribution in [1.29, 1.82) is 0 Å². The lowest BCUT2D eigenvalue weighted by Gasteiger charge is -2.42. The second-order valence-electron chi connectivity index (χ2n) is 44.9. The quantitative estimate of drug-likeness (QED) is 0.0554. The van der Waals surface area contributed by atoms with E-state index in [1.807, 2.05) is 123 Å². The SMILES string of the molecule is COc1cc(C2C3=C(CC(C)(C)CC3=O)OC3=C2C(=O)CC(C)(C)C3)cc(OC)c1OCc1cc(COc2c(OC)cc(C3C4=C(CC(C)(C)CC4=O)OC4=C3C(=O)CC(C)(C)C4)cc2OC)c(COc2c(OC)cc(C3C4=C(CC(C)(C)CC4=O)OC4=C3C(=O)CC(C)(C)C4)cc2OC)cc1COc1c(OC)cc(C2C3=C(CC(C)(C)CC3=O)OC3=C2C(=O)CC(C)(C)C3)cc1OC. The van der Waals surface area contributed by atoms with E-state index in [1.165, 1.54) is 56.9 Å². The summed E-state index contributed by atoms with van der Waals surface area (Å²) >= 11 is 0. The summed E-state index contributed by atoms with van der Waals surface area (Å²) in [7, 11) is 12.0. The van der Waals surface area contributed by atoms with Crippen molar-refractivity contribution in [1.82, 2.24) is 0 Å². The molecule has 4 aliphatic heterocycles. The molecule has 8 aliphatic carbocycles. The maximum absolute atomic E-state index is 14.8. The molecule has 4 heterocycles. The highest BCUT2D eigenvalue weighted by atomic mass is 16.6. The molecule has 710 valence electrons. The predicted octanol–water partition coefficient (Wildman–Crippen LogP) is 21.7. The van der Waals surface area contributed by atoms with Gasteiger partial charge in [0.15, 0.2) is 92.3 Å². The second kappa shape index (κ2) is 34.2. The van der Waals surface area contributed by atoms with Crippen LogP contribution >= 0.6 is 0 Å². The molecular weight excluding hydrogens is 1710 g/mol. The minimum absolute atomic E-state index is 0.122. The summed E-state index contributed by atoms with van der Waals surface area (Å²) < 4.78 is 106. The van der Waals surface area contributed by atoms with Crippen LogP contribution in [-0.4, -0.2) is 103 Å². The summed E-state index contributed by atoms with van der Waals surface area (Å²) in [6, 6.07) is 18.1. The van der Waals surface area contributed by atoms with Gasteiger partial charge in [-0.3, -0.25) is 38.4 Å². The Bertz CT molecular complexity index is 5150. The molecule has 0 amide bonds. The molecule has 0 fully saturated rings. The average molecular weight is 1830 g/mol. The highest BCUT2D eigenvalue weighted by molar-refractivity contribution is 6.10. The lowest BCUT2D eigenvalue weighted by molar-refractivity contribution is -0.122. The topological polar surface area (TPSA) is 284 Å². The fourth-order valence-corrected chi connectivity index (χ4v) is 22.8. The van der Waals surface area contributed by atoms with E-state index >= 15 is 0 Å². The number of ketones is 8. The van der Waals surface area contributed by atoms with Gasteiger partial charge in [-0.2, -0.15) is 0 Å². The molecule has 17 rings (SSSR count). The Morgan fingerprint density at radius 1 is 0.209 bits per heavy atom. The van der Waals surface area contributed by atoms with Crippen molar-refractivity contribution in [2.24, 2.45) is 43.3 Å². The van der Waals surface area contributed by atoms with E-state index < -0.39 is 67.0 Å². The fourth-order valence-electron chi connectivity index (χ4n) is 22.8. The largest absolute Gasteiger partial charge is 0.493 e. The van der Waals surface area contributed by atoms with Crippen LogP contribution in [0.3, 0.4) is 0 Å². The molecule has 0 N–H and O–H groups in total. The minimum Gasteiger partial charge on any atom is -0.493 e. The monoisotopic (exact) mass is 1830 g/mol. The molecule has 0 saturated carbocycles. The van der Waals surface area contributed by atoms with Gasteiger partial charge in [-0.25, -0.2) is 0 Å². The first kappa shape index (κ1) is 94.0. The highest BCUT2D eigenvalue weighted by Crippen LogP contribution is 2.62. The van der Waals surface area contributed by atoms with Crippen LogP contribution in [-0.2, 0) is 83.7 Å². The maximum Gasteiger partial charge on any atom is 0.203 e. The zero-order valence-electron chi connectivity index (χ0n) is 82.0. The van der Waals surface area contributed by atoms with Gasteiger partial charge < -0.3 is 75.8 Å². The fraction of sp³-hybridized carbons (Fsp3) is 0.509. The lowest BCUT2D eigenvalue weighted by Crippen LogP contribution is -2.37. The number of ether oxygens (including phenoxy) is 16. The third-order valence-electron chi connectivity index (χ3n) is 28.6. The molecule has 0 saturated heterocycles. The number of Topliss-reactive ketones (excluding diaryl/α,β-unsaturated/α-hetero) is 8. The first-order valence-corrected chi connectivity index (χ1v) is 46.6. The van der Waals surface area contributed by atoms with Crippen molar-refractivity contribution in [3.05, 3.63) is 196 Å². The van der Waals surface area contributed by atoms with E-state index in [2.05, 4.69) is 0 Å². The number of hydrogen-bond acceptors (Lipinski definition) is 24. The summed E-state index contributed by atoms with van der Waals surface area (Å²) in [5.41, 5.74) is 4.30. The van der Waals surface area contributed by atoms with Gasteiger partial charge in [-0.1, -0.05) is 111 Å². The molecule has 24 heteroatoms. The number of rotatable bonds is 24. The van der Waals surface area contributed by atoms with Gasteiger partial charge in [-0.15, -0.1) is 0 Å². The third kappa shape index (κ3) is 17.5. The molecular formula is C110H126O24. The first-order valence-electron chi connectivity index (χ1n) is 46.6. The number of hydrogen-bond donors (Lipinski definition) is 0. The molecule has 0 radical (unpaired) electrons. The Labute approximate surface area is 784 Å². The van der Waals surface area contributed by atoms with Crippen LogP contribution in [0, 0.1) is 43.3 Å². The molecule has 0 unspecified atom stereocenters. The second-order valence-corrected chi connectivity index (χ2v) is 44.9. The number of methoxy groups -OCH3 is 8. The molecule has 24 nitrogen and oxygen atoms in total. The van der Waals surface area contributed by atoms with E-state index in [4.69, 9.17) is 75.8 Å². The van der Waals surface area contributed by atoms with Gasteiger partial charge in [0.05, 0.1) is 56.9 Å². The van der Waals surface area contributed by atoms with Crippen LogP contribution in [0.15, 0.2) is 151 Å². The smallest absolute Gasteiger partial charge is 0.203 e. The van der Waals surface area contributed by atoms with Gasteiger partial charge in [0.25, 0.3) is 0 Å². The van der Waals surface area contributed by atoms with Crippen LogP contribution < -0.4 is 56.8 Å². The van der Waals surface area contributed by atoms with E-state index in [0.29, 0.717) is 187 Å².